The van der Waals surface area contributed by atoms with Gasteiger partial charge in [-0.25, -0.2) is 0 Å². The molecule has 0 fully saturated rings. The normalized spacial score (nSPS) is 10.0. The monoisotopic (exact) mass is 408 g/mol. The van der Waals surface area contributed by atoms with E-state index in [9.17, 15) is 4.57 Å². The van der Waals surface area contributed by atoms with E-state index >= 15 is 0 Å². The molecule has 142 valence electrons. The highest BCUT2D eigenvalue weighted by Crippen LogP contribution is 2.42. The minimum absolute atomic E-state index is 0.373. The van der Waals surface area contributed by atoms with E-state index in [0.717, 1.165) is 9.80 Å². The van der Waals surface area contributed by atoms with Gasteiger partial charge < -0.3 is 4.57 Å². The number of anilines is 2. The van der Waals surface area contributed by atoms with Gasteiger partial charge in [0.05, 0.1) is 11.4 Å². The van der Waals surface area contributed by atoms with E-state index in [1.807, 2.05) is 6.07 Å². The molecule has 30 heavy (non-hydrogen) atoms. The Morgan fingerprint density at radius 3 is 1.20 bits per heavy atom. The van der Waals surface area contributed by atoms with Crippen LogP contribution in [0, 0.1) is 45.8 Å². The zero-order chi connectivity index (χ0) is 21.6. The molecular formula is C22H13N6OP. The van der Waals surface area contributed by atoms with Gasteiger partial charge in [0.15, 0.2) is 31.9 Å². The van der Waals surface area contributed by atoms with Crippen LogP contribution in [0.2, 0.25) is 0 Å². The molecule has 0 spiro atoms. The molecule has 0 N–H and O–H groups in total. The summed E-state index contributed by atoms with van der Waals surface area (Å²) in [5.41, 5.74) is 0.745. The average molecular weight is 408 g/mol. The third-order valence-electron chi connectivity index (χ3n) is 4.46. The molecule has 0 unspecified atom stereocenters. The molecule has 0 saturated carbocycles. The van der Waals surface area contributed by atoms with Crippen molar-refractivity contribution in [3.05, 3.63) is 78.9 Å². The van der Waals surface area contributed by atoms with Crippen molar-refractivity contribution >= 4 is 34.4 Å². The lowest BCUT2D eigenvalue weighted by Crippen LogP contribution is -2.25. The van der Waals surface area contributed by atoms with Crippen LogP contribution in [0.25, 0.3) is 0 Å². The first-order valence-corrected chi connectivity index (χ1v) is 10.3. The Kier molecular flexibility index (Phi) is 5.81. The summed E-state index contributed by atoms with van der Waals surface area (Å²) in [5.74, 6) is 0. The Labute approximate surface area is 173 Å². The van der Waals surface area contributed by atoms with Gasteiger partial charge >= 0.3 is 0 Å². The quantitative estimate of drug-likeness (QED) is 0.362. The Morgan fingerprint density at radius 1 is 0.533 bits per heavy atom. The molecule has 7 nitrogen and oxygen atoms in total. The van der Waals surface area contributed by atoms with Gasteiger partial charge in [0, 0.05) is 15.9 Å². The molecule has 0 aliphatic heterocycles. The van der Waals surface area contributed by atoms with Crippen LogP contribution < -0.4 is 25.7 Å². The SMILES string of the molecule is N#CN(C#N)c1ccc(P(=O)(c2ccccc2)c2ccc(N(C#N)C#N)cc2)cc1. The number of hydrogen-bond donors (Lipinski definition) is 0. The molecule has 0 aromatic heterocycles. The Bertz CT molecular complexity index is 1150. The van der Waals surface area contributed by atoms with Gasteiger partial charge in [0.2, 0.25) is 0 Å². The summed E-state index contributed by atoms with van der Waals surface area (Å²) in [6, 6.07) is 21.8. The fourth-order valence-electron chi connectivity index (χ4n) is 2.98. The van der Waals surface area contributed by atoms with Gasteiger partial charge in [-0.15, -0.1) is 0 Å². The molecule has 0 bridgehead atoms. The van der Waals surface area contributed by atoms with Gasteiger partial charge in [-0.3, -0.25) is 0 Å². The summed E-state index contributed by atoms with van der Waals surface area (Å²) in [6.45, 7) is 0. The fraction of sp³-hybridized carbons (Fsp3) is 0. The second-order valence-electron chi connectivity index (χ2n) is 6.05. The summed E-state index contributed by atoms with van der Waals surface area (Å²) in [7, 11) is -3.28. The molecule has 0 aliphatic carbocycles. The van der Waals surface area contributed by atoms with Crippen LogP contribution in [-0.2, 0) is 4.57 Å². The number of rotatable bonds is 5. The van der Waals surface area contributed by atoms with Crippen molar-refractivity contribution in [2.75, 3.05) is 9.80 Å². The fourth-order valence-corrected chi connectivity index (χ4v) is 5.61. The smallest absolute Gasteiger partial charge is 0.198 e. The molecule has 0 atom stereocenters. The van der Waals surface area contributed by atoms with Crippen molar-refractivity contribution in [3.8, 4) is 24.8 Å². The Morgan fingerprint density at radius 2 is 0.867 bits per heavy atom. The van der Waals surface area contributed by atoms with Crippen molar-refractivity contribution in [3.63, 3.8) is 0 Å². The van der Waals surface area contributed by atoms with Crippen LogP contribution in [0.15, 0.2) is 78.9 Å². The maximum absolute atomic E-state index is 14.4. The van der Waals surface area contributed by atoms with Crippen molar-refractivity contribution in [2.45, 2.75) is 0 Å². The minimum Gasteiger partial charge on any atom is -0.309 e. The molecular weight excluding hydrogens is 395 g/mol. The van der Waals surface area contributed by atoms with Crippen molar-refractivity contribution < 1.29 is 4.57 Å². The van der Waals surface area contributed by atoms with Crippen molar-refractivity contribution in [1.29, 1.82) is 21.0 Å². The molecule has 3 aromatic rings. The predicted octanol–water partition coefficient (Wildman–Crippen LogP) is 2.86. The van der Waals surface area contributed by atoms with E-state index in [-0.39, 0.29) is 0 Å². The number of nitrogens with zero attached hydrogens (tertiary/aromatic N) is 6. The van der Waals surface area contributed by atoms with Gasteiger partial charge in [-0.05, 0) is 48.5 Å². The second kappa shape index (κ2) is 8.64. The predicted molar refractivity (Wildman–Crippen MR) is 113 cm³/mol. The van der Waals surface area contributed by atoms with Crippen LogP contribution >= 0.6 is 7.14 Å². The topological polar surface area (TPSA) is 119 Å². The maximum Gasteiger partial charge on any atom is 0.198 e. The van der Waals surface area contributed by atoms with Crippen molar-refractivity contribution in [1.82, 2.24) is 0 Å². The first-order valence-electron chi connectivity index (χ1n) is 8.64. The van der Waals surface area contributed by atoms with Gasteiger partial charge in [-0.1, -0.05) is 30.3 Å². The van der Waals surface area contributed by atoms with E-state index in [2.05, 4.69) is 0 Å². The summed E-state index contributed by atoms with van der Waals surface area (Å²) in [6.07, 6.45) is 7.05. The highest BCUT2D eigenvalue weighted by Gasteiger charge is 2.30. The summed E-state index contributed by atoms with van der Waals surface area (Å²) >= 11 is 0. The third-order valence-corrected chi connectivity index (χ3v) is 7.54. The molecule has 3 aromatic carbocycles. The summed E-state index contributed by atoms with van der Waals surface area (Å²) < 4.78 is 14.4. The van der Waals surface area contributed by atoms with Gasteiger partial charge in [0.25, 0.3) is 0 Å². The maximum atomic E-state index is 14.4. The van der Waals surface area contributed by atoms with Crippen LogP contribution in [0.4, 0.5) is 11.4 Å². The molecule has 3 rings (SSSR count). The first-order chi connectivity index (χ1) is 14.6. The van der Waals surface area contributed by atoms with E-state index in [0.29, 0.717) is 27.3 Å². The summed E-state index contributed by atoms with van der Waals surface area (Å²) in [5, 5.41) is 37.8. The zero-order valence-corrected chi connectivity index (χ0v) is 16.4. The van der Waals surface area contributed by atoms with Gasteiger partial charge in [-0.2, -0.15) is 30.8 Å². The lowest BCUT2D eigenvalue weighted by molar-refractivity contribution is 0.592. The minimum atomic E-state index is -3.28. The van der Waals surface area contributed by atoms with Crippen LogP contribution in [0.3, 0.4) is 0 Å². The molecule has 0 amide bonds. The number of hydrogen-bond acceptors (Lipinski definition) is 7. The molecule has 0 heterocycles. The number of benzene rings is 3. The largest absolute Gasteiger partial charge is 0.309 e. The lowest BCUT2D eigenvalue weighted by atomic mass is 10.3. The molecule has 0 aliphatic rings. The second-order valence-corrected chi connectivity index (χ2v) is 8.82. The Balaban J connectivity index is 2.14. The molecule has 0 radical (unpaired) electrons. The standard InChI is InChI=1S/C22H13N6OP/c23-14-27(15-24)18-6-10-21(11-7-18)30(29,20-4-2-1-3-5-20)22-12-8-19(9-13-22)28(16-25)17-26/h1-13H. The summed E-state index contributed by atoms with van der Waals surface area (Å²) in [4.78, 5) is 1.70. The van der Waals surface area contributed by atoms with Gasteiger partial charge in [0.1, 0.15) is 0 Å². The first kappa shape index (κ1) is 20.2. The van der Waals surface area contributed by atoms with Crippen molar-refractivity contribution in [2.24, 2.45) is 0 Å². The van der Waals surface area contributed by atoms with E-state index in [1.54, 1.807) is 97.6 Å². The van der Waals surface area contributed by atoms with Crippen LogP contribution in [0.1, 0.15) is 0 Å². The van der Waals surface area contributed by atoms with E-state index in [4.69, 9.17) is 21.0 Å². The van der Waals surface area contributed by atoms with Crippen LogP contribution in [0.5, 0.6) is 0 Å². The highest BCUT2D eigenvalue weighted by molar-refractivity contribution is 7.85. The lowest BCUT2D eigenvalue weighted by Gasteiger charge is -2.21. The van der Waals surface area contributed by atoms with E-state index < -0.39 is 7.14 Å². The van der Waals surface area contributed by atoms with E-state index in [1.165, 1.54) is 0 Å². The highest BCUT2D eigenvalue weighted by atomic mass is 31.2. The number of nitriles is 4. The zero-order valence-electron chi connectivity index (χ0n) is 15.5. The molecule has 0 saturated heterocycles. The third kappa shape index (κ3) is 3.58. The van der Waals surface area contributed by atoms with Crippen LogP contribution in [-0.4, -0.2) is 0 Å². The Hall–Kier alpha value is -4.55. The average Bonchev–Trinajstić information content (AvgIpc) is 2.81. The molecule has 8 heteroatoms.